The summed E-state index contributed by atoms with van der Waals surface area (Å²) in [6.45, 7) is 3.44. The van der Waals surface area contributed by atoms with Gasteiger partial charge in [-0.15, -0.1) is 0 Å². The molecule has 2 atom stereocenters. The zero-order valence-electron chi connectivity index (χ0n) is 12.2. The maximum atomic E-state index is 12.3. The second-order valence-corrected chi connectivity index (χ2v) is 5.67. The predicted molar refractivity (Wildman–Crippen MR) is 78.4 cm³/mol. The van der Waals surface area contributed by atoms with Crippen LogP contribution in [0.2, 0.25) is 5.02 Å². The Bertz CT molecular complexity index is 575. The molecule has 1 aliphatic heterocycles. The molecule has 1 aliphatic rings. The normalized spacial score (nSPS) is 19.1. The maximum absolute atomic E-state index is 12.3. The Balaban J connectivity index is 2.08. The molecule has 0 saturated carbocycles. The smallest absolute Gasteiger partial charge is 0.331 e. The van der Waals surface area contributed by atoms with Gasteiger partial charge in [-0.25, -0.2) is 4.79 Å². The lowest BCUT2D eigenvalue weighted by atomic mass is 9.98. The van der Waals surface area contributed by atoms with E-state index in [0.717, 1.165) is 5.56 Å². The molecular weight excluding hydrogens is 294 g/mol. The first kappa shape index (κ1) is 15.6. The fourth-order valence-corrected chi connectivity index (χ4v) is 2.42. The van der Waals surface area contributed by atoms with Gasteiger partial charge in [-0.2, -0.15) is 0 Å². The van der Waals surface area contributed by atoms with Gasteiger partial charge < -0.3 is 14.8 Å². The quantitative estimate of drug-likeness (QED) is 0.865. The summed E-state index contributed by atoms with van der Waals surface area (Å²) in [5, 5.41) is 3.32. The van der Waals surface area contributed by atoms with Gasteiger partial charge in [0.1, 0.15) is 11.3 Å². The minimum atomic E-state index is -1.05. The van der Waals surface area contributed by atoms with Crippen molar-refractivity contribution in [2.45, 2.75) is 38.3 Å². The number of esters is 1. The lowest BCUT2D eigenvalue weighted by molar-refractivity contribution is -0.151. The third-order valence-electron chi connectivity index (χ3n) is 3.73. The molecule has 1 aromatic carbocycles. The molecule has 0 spiro atoms. The average molecular weight is 312 g/mol. The van der Waals surface area contributed by atoms with Crippen molar-refractivity contribution in [2.75, 3.05) is 7.11 Å². The molecule has 1 aromatic rings. The molecule has 21 heavy (non-hydrogen) atoms. The largest absolute Gasteiger partial charge is 0.480 e. The molecule has 0 aliphatic carbocycles. The maximum Gasteiger partial charge on any atom is 0.331 e. The number of benzene rings is 1. The van der Waals surface area contributed by atoms with E-state index >= 15 is 0 Å². The van der Waals surface area contributed by atoms with Crippen LogP contribution in [0.1, 0.15) is 25.8 Å². The standard InChI is InChI=1S/C15H18ClNO4/c1-4-15(2,14(19)20-3)17-13(18)12-8-9-7-10(16)5-6-11(9)21-12/h5-7,12H,4,8H2,1-3H3,(H,17,18)/t12-,15+/m0/s1. The number of carbonyl (C=O) groups is 2. The third kappa shape index (κ3) is 3.13. The minimum Gasteiger partial charge on any atom is -0.480 e. The van der Waals surface area contributed by atoms with Crippen LogP contribution in [-0.2, 0) is 20.7 Å². The van der Waals surface area contributed by atoms with Crippen LogP contribution in [0.25, 0.3) is 0 Å². The Morgan fingerprint density at radius 3 is 2.86 bits per heavy atom. The van der Waals surface area contributed by atoms with E-state index in [1.807, 2.05) is 0 Å². The number of nitrogens with one attached hydrogen (secondary N) is 1. The Labute approximate surface area is 128 Å². The molecule has 0 unspecified atom stereocenters. The molecule has 0 radical (unpaired) electrons. The highest BCUT2D eigenvalue weighted by atomic mass is 35.5. The van der Waals surface area contributed by atoms with Crippen LogP contribution in [0.3, 0.4) is 0 Å². The van der Waals surface area contributed by atoms with Gasteiger partial charge in [0.2, 0.25) is 0 Å². The highest BCUT2D eigenvalue weighted by Crippen LogP contribution is 2.31. The van der Waals surface area contributed by atoms with Crippen molar-refractivity contribution in [2.24, 2.45) is 0 Å². The van der Waals surface area contributed by atoms with Gasteiger partial charge in [0.15, 0.2) is 6.10 Å². The van der Waals surface area contributed by atoms with Gasteiger partial charge in [0.05, 0.1) is 7.11 Å². The SMILES string of the molecule is CC[C@@](C)(NC(=O)[C@@H]1Cc2cc(Cl)ccc2O1)C(=O)OC. The highest BCUT2D eigenvalue weighted by molar-refractivity contribution is 6.30. The van der Waals surface area contributed by atoms with Gasteiger partial charge in [0.25, 0.3) is 5.91 Å². The van der Waals surface area contributed by atoms with Crippen LogP contribution in [0, 0.1) is 0 Å². The minimum absolute atomic E-state index is 0.336. The fourth-order valence-electron chi connectivity index (χ4n) is 2.22. The molecule has 114 valence electrons. The molecule has 2 rings (SSSR count). The molecule has 0 aromatic heterocycles. The van der Waals surface area contributed by atoms with Crippen LogP contribution >= 0.6 is 11.6 Å². The van der Waals surface area contributed by atoms with E-state index < -0.39 is 17.6 Å². The number of hydrogen-bond donors (Lipinski definition) is 1. The molecule has 5 nitrogen and oxygen atoms in total. The van der Waals surface area contributed by atoms with Gasteiger partial charge in [-0.1, -0.05) is 18.5 Å². The molecular formula is C15H18ClNO4. The van der Waals surface area contributed by atoms with Gasteiger partial charge in [-0.05, 0) is 37.1 Å². The Morgan fingerprint density at radius 2 is 2.24 bits per heavy atom. The van der Waals surface area contributed by atoms with Gasteiger partial charge in [0, 0.05) is 11.4 Å². The first-order chi connectivity index (χ1) is 9.89. The van der Waals surface area contributed by atoms with Crippen molar-refractivity contribution in [3.05, 3.63) is 28.8 Å². The van der Waals surface area contributed by atoms with Crippen molar-refractivity contribution in [3.63, 3.8) is 0 Å². The Hall–Kier alpha value is -1.75. The van der Waals surface area contributed by atoms with Crippen LogP contribution in [0.5, 0.6) is 5.75 Å². The summed E-state index contributed by atoms with van der Waals surface area (Å²) in [5.41, 5.74) is -0.166. The van der Waals surface area contributed by atoms with Crippen molar-refractivity contribution >= 4 is 23.5 Å². The molecule has 1 N–H and O–H groups in total. The summed E-state index contributed by atoms with van der Waals surface area (Å²) in [6, 6.07) is 5.24. The topological polar surface area (TPSA) is 64.6 Å². The van der Waals surface area contributed by atoms with E-state index in [0.29, 0.717) is 23.6 Å². The van der Waals surface area contributed by atoms with E-state index in [2.05, 4.69) is 5.32 Å². The summed E-state index contributed by atoms with van der Waals surface area (Å²) in [6.07, 6.45) is 0.202. The van der Waals surface area contributed by atoms with Crippen molar-refractivity contribution in [3.8, 4) is 5.75 Å². The summed E-state index contributed by atoms with van der Waals surface area (Å²) in [4.78, 5) is 24.1. The van der Waals surface area contributed by atoms with Crippen LogP contribution < -0.4 is 10.1 Å². The monoisotopic (exact) mass is 311 g/mol. The summed E-state index contributed by atoms with van der Waals surface area (Å²) >= 11 is 5.92. The number of hydrogen-bond acceptors (Lipinski definition) is 4. The Kier molecular flexibility index (Phi) is 4.42. The molecule has 0 saturated heterocycles. The number of amides is 1. The zero-order chi connectivity index (χ0) is 15.6. The van der Waals surface area contributed by atoms with E-state index in [9.17, 15) is 9.59 Å². The van der Waals surface area contributed by atoms with Crippen LogP contribution in [0.15, 0.2) is 18.2 Å². The number of fused-ring (bicyclic) bond motifs is 1. The third-order valence-corrected chi connectivity index (χ3v) is 3.97. The zero-order valence-corrected chi connectivity index (χ0v) is 13.0. The molecule has 0 bridgehead atoms. The van der Waals surface area contributed by atoms with Crippen molar-refractivity contribution < 1.29 is 19.1 Å². The van der Waals surface area contributed by atoms with Gasteiger partial charge >= 0.3 is 5.97 Å². The first-order valence-corrected chi connectivity index (χ1v) is 7.13. The Morgan fingerprint density at radius 1 is 1.52 bits per heavy atom. The number of halogens is 1. The number of ether oxygens (including phenoxy) is 2. The second kappa shape index (κ2) is 5.93. The molecule has 1 amide bonds. The van der Waals surface area contributed by atoms with E-state index in [1.165, 1.54) is 7.11 Å². The summed E-state index contributed by atoms with van der Waals surface area (Å²) in [5.74, 6) is -0.162. The number of methoxy groups -OCH3 is 1. The lowest BCUT2D eigenvalue weighted by Gasteiger charge is -2.27. The molecule has 1 heterocycles. The molecule has 6 heteroatoms. The number of carbonyl (C=O) groups excluding carboxylic acids is 2. The van der Waals surface area contributed by atoms with Crippen molar-refractivity contribution in [1.29, 1.82) is 0 Å². The van der Waals surface area contributed by atoms with E-state index in [1.54, 1.807) is 32.0 Å². The molecule has 0 fully saturated rings. The second-order valence-electron chi connectivity index (χ2n) is 5.23. The van der Waals surface area contributed by atoms with Crippen molar-refractivity contribution in [1.82, 2.24) is 5.32 Å². The van der Waals surface area contributed by atoms with E-state index in [4.69, 9.17) is 21.1 Å². The highest BCUT2D eigenvalue weighted by Gasteiger charge is 2.38. The number of rotatable bonds is 4. The van der Waals surface area contributed by atoms with E-state index in [-0.39, 0.29) is 5.91 Å². The average Bonchev–Trinajstić information content (AvgIpc) is 2.89. The fraction of sp³-hybridized carbons (Fsp3) is 0.467. The first-order valence-electron chi connectivity index (χ1n) is 6.75. The summed E-state index contributed by atoms with van der Waals surface area (Å²) in [7, 11) is 1.30. The predicted octanol–water partition coefficient (Wildman–Crippen LogP) is 2.10. The summed E-state index contributed by atoms with van der Waals surface area (Å²) < 4.78 is 10.3. The van der Waals surface area contributed by atoms with Crippen LogP contribution in [-0.4, -0.2) is 30.6 Å². The van der Waals surface area contributed by atoms with Gasteiger partial charge in [-0.3, -0.25) is 4.79 Å². The lowest BCUT2D eigenvalue weighted by Crippen LogP contribution is -2.55. The van der Waals surface area contributed by atoms with Crippen LogP contribution in [0.4, 0.5) is 0 Å².